The molecule has 2 aliphatic carbocycles. The average molecular weight is 1460 g/mol. The summed E-state index contributed by atoms with van der Waals surface area (Å²) in [5, 5.41) is 25.3. The van der Waals surface area contributed by atoms with Gasteiger partial charge in [0, 0.05) is 114 Å². The summed E-state index contributed by atoms with van der Waals surface area (Å²) in [5.74, 6) is 0.663. The molecule has 2 saturated carbocycles. The second kappa shape index (κ2) is 25.2. The number of nitrogens with one attached hydrogen (secondary N) is 1. The molecule has 1 amide bonds. The molecule has 5 N–H and O–H groups in total. The molecule has 0 saturated heterocycles. The summed E-state index contributed by atoms with van der Waals surface area (Å²) in [6.45, 7) is 22.2. The van der Waals surface area contributed by atoms with Crippen molar-refractivity contribution in [3.63, 3.8) is 0 Å². The van der Waals surface area contributed by atoms with E-state index in [4.69, 9.17) is 51.2 Å². The van der Waals surface area contributed by atoms with Crippen LogP contribution >= 0.6 is 56.5 Å². The van der Waals surface area contributed by atoms with Crippen LogP contribution in [0.3, 0.4) is 0 Å². The van der Waals surface area contributed by atoms with Crippen LogP contribution < -0.4 is 20.3 Å². The number of aromatic nitrogens is 10. The first-order chi connectivity index (χ1) is 34.2. The zero-order chi connectivity index (χ0) is 56.1. The molecule has 8 rings (SSSR count). The van der Waals surface area contributed by atoms with E-state index in [9.17, 15) is 26.4 Å². The molecule has 0 aromatic carbocycles. The van der Waals surface area contributed by atoms with Gasteiger partial charge in [0.2, 0.25) is 11.8 Å². The number of rotatable bonds is 13. The van der Waals surface area contributed by atoms with Crippen molar-refractivity contribution in [2.45, 2.75) is 79.0 Å². The number of carbonyl (C=O) groups is 2. The van der Waals surface area contributed by atoms with Crippen molar-refractivity contribution in [2.24, 2.45) is 47.6 Å². The van der Waals surface area contributed by atoms with E-state index in [1.807, 2.05) is 27.3 Å². The summed E-state index contributed by atoms with van der Waals surface area (Å²) in [6.07, 6.45) is 6.07. The number of sulfonamides is 1. The zero-order valence-corrected chi connectivity index (χ0v) is 53.1. The van der Waals surface area contributed by atoms with E-state index in [0.29, 0.717) is 59.0 Å². The number of hydrogen-bond acceptors (Lipinski definition) is 15. The number of nitrogens with zero attached hydrogens (tertiary/aromatic N) is 10. The fraction of sp³-hybridized carbons (Fsp3) is 0.467. The second-order valence-electron chi connectivity index (χ2n) is 19.0. The molecule has 6 aromatic heterocycles. The fourth-order valence-corrected chi connectivity index (χ4v) is 11.0. The first kappa shape index (κ1) is 62.8. The van der Waals surface area contributed by atoms with Gasteiger partial charge in [-0.2, -0.15) is 10.2 Å². The fourth-order valence-electron chi connectivity index (χ4n) is 8.19. The van der Waals surface area contributed by atoms with Crippen LogP contribution in [-0.4, -0.2) is 111 Å². The standard InChI is InChI=1S/C22H27ClN6O4S.C17H20ClN3O3.C5H7ClN2O2S.CH3I.BH.H3N.U/c1-13-15(11-28(6)25-13)34(31,32)27-20(30)14-7-8-17(24-19(14)23)29-10-9-18(26-29)33-12-16-21(2,3)22(16,4)5;1-16(2)11(17(16,3)4)9-24-13-7-8-21(20-13)12-6-5-10(15(22)23)14(18)19-12;1-4-5(11(6,9)10)3-8(2)7-4;1-2;;;/h7-11,16H,12H2,1-6H3,(H,27,30);5-8,11H,9H2,1-4H3,(H,22,23);3H,1-2H3;1H3;1H;1H3;/i;;;2*1D;;. The van der Waals surface area contributed by atoms with Gasteiger partial charge in [0.25, 0.3) is 25.0 Å². The van der Waals surface area contributed by atoms with Crippen molar-refractivity contribution in [1.29, 1.82) is 1.34 Å². The average Bonchev–Trinajstić information content (AvgIpc) is 3.89. The van der Waals surface area contributed by atoms with Crippen LogP contribution in [0.15, 0.2) is 71.0 Å². The molecule has 29 heteroatoms. The quantitative estimate of drug-likeness (QED) is 0.0324. The van der Waals surface area contributed by atoms with Crippen LogP contribution in [0.2, 0.25) is 10.3 Å². The number of carboxylic acids is 1. The summed E-state index contributed by atoms with van der Waals surface area (Å²) in [4.78, 5) is 32.3. The molecule has 6 aromatic rings. The number of carbonyl (C=O) groups excluding carboxylic acids is 1. The molecule has 2 radical (unpaired) electrons. The van der Waals surface area contributed by atoms with Gasteiger partial charge >= 0.3 is 5.97 Å². The molecule has 6 heterocycles. The minimum atomic E-state index is -4.12. The Balaban J connectivity index is 0.000000408. The van der Waals surface area contributed by atoms with E-state index in [1.54, 1.807) is 51.6 Å². The molecule has 2 fully saturated rings. The van der Waals surface area contributed by atoms with Crippen LogP contribution in [0.5, 0.6) is 11.8 Å². The normalized spacial score (nSPS) is 15.8. The van der Waals surface area contributed by atoms with E-state index >= 15 is 0 Å². The van der Waals surface area contributed by atoms with Crippen molar-refractivity contribution in [1.82, 2.24) is 60.0 Å². The number of hydrogen-bond donors (Lipinski definition) is 3. The molecule has 2 aliphatic rings. The number of ether oxygens (including phenoxy) is 2. The number of carboxylic acid groups (broad SMARTS) is 1. The summed E-state index contributed by atoms with van der Waals surface area (Å²) < 4.78 is 77.6. The first-order valence-corrected chi connectivity index (χ1v) is 27.6. The molecule has 0 bridgehead atoms. The van der Waals surface area contributed by atoms with Crippen molar-refractivity contribution in [3.05, 3.63) is 94.0 Å². The topological polar surface area (TPSA) is 285 Å². The van der Waals surface area contributed by atoms with Gasteiger partial charge in [0.15, 0.2) is 11.6 Å². The molecular formula is C45H61BCl3IN12O9S2U. The Hall–Kier alpha value is -3.74. The molecule has 0 atom stereocenters. The molecular weight excluding hydrogens is 1400 g/mol. The number of aryl methyl sites for hydroxylation is 4. The Labute approximate surface area is 488 Å². The van der Waals surface area contributed by atoms with Crippen LogP contribution in [0.1, 0.15) is 88.9 Å². The maximum atomic E-state index is 12.6. The van der Waals surface area contributed by atoms with Crippen LogP contribution in [-0.2, 0) is 33.2 Å². The molecule has 21 nitrogen and oxygen atoms in total. The Morgan fingerprint density at radius 3 is 1.39 bits per heavy atom. The van der Waals surface area contributed by atoms with Gasteiger partial charge in [-0.15, -0.1) is 10.2 Å². The minimum Gasteiger partial charge on any atom is -0.478 e. The monoisotopic (exact) mass is 1460 g/mol. The Morgan fingerprint density at radius 2 is 1.09 bits per heavy atom. The third kappa shape index (κ3) is 14.6. The molecule has 74 heavy (non-hydrogen) atoms. The number of pyridine rings is 2. The molecule has 0 aliphatic heterocycles. The number of alkyl halides is 1. The van der Waals surface area contributed by atoms with E-state index in [-0.39, 0.29) is 95.8 Å². The van der Waals surface area contributed by atoms with Gasteiger partial charge in [-0.1, -0.05) is 101 Å². The third-order valence-corrected chi connectivity index (χ3v) is 17.3. The summed E-state index contributed by atoms with van der Waals surface area (Å²) in [6, 6.07) is 9.35. The smallest absolute Gasteiger partial charge is 0.338 e. The van der Waals surface area contributed by atoms with Gasteiger partial charge in [0.1, 0.15) is 20.1 Å². The maximum absolute atomic E-state index is 12.6. The minimum absolute atomic E-state index is 0. The Morgan fingerprint density at radius 1 is 0.730 bits per heavy atom. The van der Waals surface area contributed by atoms with E-state index in [1.165, 1.54) is 56.2 Å². The van der Waals surface area contributed by atoms with E-state index in [0.717, 1.165) is 0 Å². The summed E-state index contributed by atoms with van der Waals surface area (Å²) in [5.41, 5.74) is 1.51. The Bertz CT molecular complexity index is 3190. The van der Waals surface area contributed by atoms with Crippen molar-refractivity contribution in [3.8, 4) is 23.4 Å². The van der Waals surface area contributed by atoms with Gasteiger partial charge in [-0.3, -0.25) is 14.2 Å². The van der Waals surface area contributed by atoms with Gasteiger partial charge in [-0.25, -0.2) is 45.7 Å². The molecule has 0 unspecified atom stereocenters. The van der Waals surface area contributed by atoms with Crippen LogP contribution in [0.25, 0.3) is 11.6 Å². The predicted octanol–water partition coefficient (Wildman–Crippen LogP) is 8.04. The second-order valence-corrected chi connectivity index (χ2v) is 23.9. The molecule has 0 spiro atoms. The van der Waals surface area contributed by atoms with Crippen molar-refractivity contribution in [2.75, 3.05) is 18.1 Å². The largest absolute Gasteiger partial charge is 0.478 e. The number of amides is 1. The zero-order valence-electron chi connectivity index (χ0n) is 44.8. The third-order valence-electron chi connectivity index (χ3n) is 13.9. The number of aromatic carboxylic acids is 1. The summed E-state index contributed by atoms with van der Waals surface area (Å²) in [7, 11) is 4.33. The summed E-state index contributed by atoms with van der Waals surface area (Å²) >= 11 is 14.1. The van der Waals surface area contributed by atoms with Crippen molar-refractivity contribution < 1.29 is 73.5 Å². The van der Waals surface area contributed by atoms with Gasteiger partial charge < -0.3 is 20.7 Å². The van der Waals surface area contributed by atoms with Crippen molar-refractivity contribution >= 4 is 95.8 Å². The molecule has 402 valence electrons. The van der Waals surface area contributed by atoms with Gasteiger partial charge in [0.05, 0.1) is 35.7 Å². The van der Waals surface area contributed by atoms with Crippen LogP contribution in [0.4, 0.5) is 0 Å². The maximum Gasteiger partial charge on any atom is 0.338 e. The first-order valence-electron chi connectivity index (χ1n) is 22.8. The van der Waals surface area contributed by atoms with Crippen LogP contribution in [0, 0.1) is 78.5 Å². The Kier molecular flexibility index (Phi) is 21.3. The van der Waals surface area contributed by atoms with Gasteiger partial charge in [-0.05, 0) is 66.0 Å². The SMILES string of the molecule is CC1(C)C(COc2ccn(-c3ccc(C(=O)O)c(Cl)n3)n2)C1(C)C.Cc1nn(C)cc1S(=O)(=O)Cl.Cc1nn(C)cc1S(=O)(=O)NC(=O)c1ccc(-n2ccc(OCC3C(C)(C)C3(C)C)n2)nc1Cl.N.[2H]CI.[2H][B].[U]. The predicted molar refractivity (Wildman–Crippen MR) is 288 cm³/mol. The van der Waals surface area contributed by atoms with E-state index < -0.39 is 31.0 Å². The van der Waals surface area contributed by atoms with E-state index in [2.05, 4.69) is 94.1 Å². The number of halogens is 4.